The fraction of sp³-hybridized carbons (Fsp3) is 0.150. The van der Waals surface area contributed by atoms with Crippen LogP contribution < -0.4 is 10.6 Å². The highest BCUT2D eigenvalue weighted by Crippen LogP contribution is 2.22. The molecule has 6 nitrogen and oxygen atoms in total. The fourth-order valence-electron chi connectivity index (χ4n) is 2.73. The number of nitrogens with zero attached hydrogens (tertiary/aromatic N) is 2. The zero-order valence-corrected chi connectivity index (χ0v) is 14.9. The maximum atomic E-state index is 10.9. The van der Waals surface area contributed by atoms with Crippen LogP contribution in [0.3, 0.4) is 0 Å². The number of aromatic nitrogens is 2. The quantitative estimate of drug-likeness (QED) is 0.625. The lowest BCUT2D eigenvalue weighted by molar-refractivity contribution is 0.0697. The van der Waals surface area contributed by atoms with Gasteiger partial charge < -0.3 is 15.7 Å². The van der Waals surface area contributed by atoms with E-state index in [4.69, 9.17) is 5.11 Å². The van der Waals surface area contributed by atoms with Gasteiger partial charge >= 0.3 is 5.97 Å². The molecule has 2 aromatic carbocycles. The normalized spacial score (nSPS) is 10.4. The largest absolute Gasteiger partial charge is 0.478 e. The average Bonchev–Trinajstić information content (AvgIpc) is 2.53. The minimum atomic E-state index is -0.950. The molecule has 0 unspecified atom stereocenters. The number of benzene rings is 2. The molecule has 3 rings (SSSR count). The molecule has 26 heavy (non-hydrogen) atoms. The van der Waals surface area contributed by atoms with Crippen molar-refractivity contribution in [1.29, 1.82) is 0 Å². The molecule has 3 N–H and O–H groups in total. The third-order valence-electron chi connectivity index (χ3n) is 3.74. The Kier molecular flexibility index (Phi) is 4.84. The number of carboxylic acids is 1. The van der Waals surface area contributed by atoms with Gasteiger partial charge in [0.1, 0.15) is 17.5 Å². The van der Waals surface area contributed by atoms with Crippen LogP contribution in [0, 0.1) is 20.8 Å². The molecule has 0 saturated heterocycles. The second-order valence-corrected chi connectivity index (χ2v) is 6.19. The van der Waals surface area contributed by atoms with Gasteiger partial charge in [-0.15, -0.1) is 0 Å². The van der Waals surface area contributed by atoms with E-state index in [2.05, 4.69) is 52.6 Å². The second-order valence-electron chi connectivity index (χ2n) is 6.19. The lowest BCUT2D eigenvalue weighted by atomic mass is 10.1. The van der Waals surface area contributed by atoms with E-state index in [-0.39, 0.29) is 5.56 Å². The van der Waals surface area contributed by atoms with Crippen molar-refractivity contribution >= 4 is 29.0 Å². The van der Waals surface area contributed by atoms with Gasteiger partial charge in [0.05, 0.1) is 5.56 Å². The summed E-state index contributed by atoms with van der Waals surface area (Å²) in [6, 6.07) is 14.6. The standard InChI is InChI=1S/C20H20N4O2/c1-12-8-13(2)10-17(9-12)24-19-11-18(21-14(3)22-19)23-16-6-4-15(5-7-16)20(25)26/h4-11H,1-3H3,(H,25,26)(H2,21,22,23,24). The third kappa shape index (κ3) is 4.36. The van der Waals surface area contributed by atoms with Gasteiger partial charge in [-0.3, -0.25) is 0 Å². The van der Waals surface area contributed by atoms with Gasteiger partial charge in [-0.05, 0) is 68.3 Å². The number of anilines is 4. The van der Waals surface area contributed by atoms with Crippen molar-refractivity contribution in [3.63, 3.8) is 0 Å². The maximum Gasteiger partial charge on any atom is 0.335 e. The number of hydrogen-bond donors (Lipinski definition) is 3. The molecule has 0 aliphatic carbocycles. The Morgan fingerprint density at radius 1 is 0.808 bits per heavy atom. The number of aromatic carboxylic acids is 1. The van der Waals surface area contributed by atoms with Gasteiger partial charge in [-0.2, -0.15) is 0 Å². The van der Waals surface area contributed by atoms with Crippen molar-refractivity contribution in [2.45, 2.75) is 20.8 Å². The lowest BCUT2D eigenvalue weighted by Gasteiger charge is -2.11. The summed E-state index contributed by atoms with van der Waals surface area (Å²) in [4.78, 5) is 19.7. The molecule has 1 aromatic heterocycles. The summed E-state index contributed by atoms with van der Waals surface area (Å²) < 4.78 is 0. The van der Waals surface area contributed by atoms with E-state index >= 15 is 0 Å². The van der Waals surface area contributed by atoms with Gasteiger partial charge in [0.2, 0.25) is 0 Å². The molecule has 0 bridgehead atoms. The van der Waals surface area contributed by atoms with E-state index in [0.29, 0.717) is 17.5 Å². The van der Waals surface area contributed by atoms with E-state index < -0.39 is 5.97 Å². The summed E-state index contributed by atoms with van der Waals surface area (Å²) in [6.45, 7) is 5.93. The van der Waals surface area contributed by atoms with Crippen molar-refractivity contribution in [2.24, 2.45) is 0 Å². The van der Waals surface area contributed by atoms with E-state index in [0.717, 1.165) is 11.4 Å². The van der Waals surface area contributed by atoms with Gasteiger partial charge in [-0.1, -0.05) is 6.07 Å². The van der Waals surface area contributed by atoms with Crippen molar-refractivity contribution < 1.29 is 9.90 Å². The topological polar surface area (TPSA) is 87.1 Å². The monoisotopic (exact) mass is 348 g/mol. The molecule has 0 amide bonds. The van der Waals surface area contributed by atoms with Crippen molar-refractivity contribution in [3.05, 3.63) is 71.0 Å². The molecule has 1 heterocycles. The van der Waals surface area contributed by atoms with E-state index in [1.54, 1.807) is 24.3 Å². The lowest BCUT2D eigenvalue weighted by Crippen LogP contribution is -2.02. The van der Waals surface area contributed by atoms with Gasteiger partial charge in [0.25, 0.3) is 0 Å². The average molecular weight is 348 g/mol. The molecule has 132 valence electrons. The Hall–Kier alpha value is -3.41. The number of carbonyl (C=O) groups is 1. The number of carboxylic acid groups (broad SMARTS) is 1. The van der Waals surface area contributed by atoms with E-state index in [1.807, 2.05) is 13.0 Å². The third-order valence-corrected chi connectivity index (χ3v) is 3.74. The van der Waals surface area contributed by atoms with Crippen LogP contribution in [0.1, 0.15) is 27.3 Å². The predicted molar refractivity (Wildman–Crippen MR) is 103 cm³/mol. The SMILES string of the molecule is Cc1cc(C)cc(Nc2cc(Nc3ccc(C(=O)O)cc3)nc(C)n2)c1. The molecule has 0 radical (unpaired) electrons. The Morgan fingerprint density at radius 3 is 1.88 bits per heavy atom. The highest BCUT2D eigenvalue weighted by Gasteiger charge is 2.06. The van der Waals surface area contributed by atoms with Crippen molar-refractivity contribution in [1.82, 2.24) is 9.97 Å². The van der Waals surface area contributed by atoms with Crippen molar-refractivity contribution in [3.8, 4) is 0 Å². The summed E-state index contributed by atoms with van der Waals surface area (Å²) in [5.41, 5.74) is 4.32. The first kappa shape index (κ1) is 17.4. The minimum Gasteiger partial charge on any atom is -0.478 e. The first-order chi connectivity index (χ1) is 12.4. The van der Waals surface area contributed by atoms with E-state index in [1.165, 1.54) is 11.1 Å². The smallest absolute Gasteiger partial charge is 0.335 e. The van der Waals surface area contributed by atoms with Crippen LogP contribution in [-0.2, 0) is 0 Å². The Bertz CT molecular complexity index is 932. The molecular weight excluding hydrogens is 328 g/mol. The molecule has 0 fully saturated rings. The molecule has 0 atom stereocenters. The molecule has 3 aromatic rings. The molecule has 0 spiro atoms. The van der Waals surface area contributed by atoms with Gasteiger partial charge in [-0.25, -0.2) is 14.8 Å². The highest BCUT2D eigenvalue weighted by molar-refractivity contribution is 5.88. The summed E-state index contributed by atoms with van der Waals surface area (Å²) >= 11 is 0. The highest BCUT2D eigenvalue weighted by atomic mass is 16.4. The number of rotatable bonds is 5. The minimum absolute atomic E-state index is 0.242. The second kappa shape index (κ2) is 7.23. The van der Waals surface area contributed by atoms with Gasteiger partial charge in [0, 0.05) is 17.4 Å². The number of hydrogen-bond acceptors (Lipinski definition) is 5. The first-order valence-electron chi connectivity index (χ1n) is 8.20. The fourth-order valence-corrected chi connectivity index (χ4v) is 2.73. The zero-order chi connectivity index (χ0) is 18.7. The summed E-state index contributed by atoms with van der Waals surface area (Å²) in [5.74, 6) is 0.998. The van der Waals surface area contributed by atoms with E-state index in [9.17, 15) is 4.79 Å². The van der Waals surface area contributed by atoms with Crippen LogP contribution in [0.2, 0.25) is 0 Å². The Labute approximate surface area is 152 Å². The molecule has 6 heteroatoms. The van der Waals surface area contributed by atoms with Crippen LogP contribution in [-0.4, -0.2) is 21.0 Å². The van der Waals surface area contributed by atoms with Crippen LogP contribution in [0.25, 0.3) is 0 Å². The van der Waals surface area contributed by atoms with Crippen LogP contribution >= 0.6 is 0 Å². The van der Waals surface area contributed by atoms with Crippen LogP contribution in [0.15, 0.2) is 48.5 Å². The summed E-state index contributed by atoms with van der Waals surface area (Å²) in [7, 11) is 0. The summed E-state index contributed by atoms with van der Waals surface area (Å²) in [6.07, 6.45) is 0. The van der Waals surface area contributed by atoms with Gasteiger partial charge in [0.15, 0.2) is 0 Å². The molecule has 0 aliphatic heterocycles. The molecular formula is C20H20N4O2. The molecule has 0 saturated carbocycles. The van der Waals surface area contributed by atoms with Crippen molar-refractivity contribution in [2.75, 3.05) is 10.6 Å². The Morgan fingerprint density at radius 2 is 1.35 bits per heavy atom. The molecule has 0 aliphatic rings. The van der Waals surface area contributed by atoms with Crippen LogP contribution in [0.4, 0.5) is 23.0 Å². The first-order valence-corrected chi connectivity index (χ1v) is 8.20. The predicted octanol–water partition coefficient (Wildman–Crippen LogP) is 4.59. The number of aryl methyl sites for hydroxylation is 3. The zero-order valence-electron chi connectivity index (χ0n) is 14.9. The van der Waals surface area contributed by atoms with Crippen LogP contribution in [0.5, 0.6) is 0 Å². The summed E-state index contributed by atoms with van der Waals surface area (Å²) in [5, 5.41) is 15.5. The maximum absolute atomic E-state index is 10.9. The number of nitrogens with one attached hydrogen (secondary N) is 2. The Balaban J connectivity index is 1.82.